The van der Waals surface area contributed by atoms with Gasteiger partial charge in [0.05, 0.1) is 31.9 Å². The van der Waals surface area contributed by atoms with Gasteiger partial charge in [-0.15, -0.1) is 11.3 Å². The number of anilines is 1. The van der Waals surface area contributed by atoms with Gasteiger partial charge in [0, 0.05) is 18.0 Å². The lowest BCUT2D eigenvalue weighted by Crippen LogP contribution is -2.41. The molecule has 1 saturated heterocycles. The Morgan fingerprint density at radius 2 is 2.14 bits per heavy atom. The average molecular weight is 312 g/mol. The molecule has 1 amide bonds. The van der Waals surface area contributed by atoms with Gasteiger partial charge in [-0.05, 0) is 19.9 Å². The van der Waals surface area contributed by atoms with Crippen LogP contribution in [0.4, 0.5) is 5.00 Å². The molecule has 2 rings (SSSR count). The number of aryl methyl sites for hydroxylation is 1. The first-order chi connectivity index (χ1) is 10.1. The largest absolute Gasteiger partial charge is 0.462 e. The van der Waals surface area contributed by atoms with Crippen LogP contribution in [0.2, 0.25) is 0 Å². The van der Waals surface area contributed by atoms with Crippen LogP contribution in [0, 0.1) is 6.92 Å². The molecule has 2 heterocycles. The van der Waals surface area contributed by atoms with Gasteiger partial charge in [-0.2, -0.15) is 0 Å². The Kier molecular flexibility index (Phi) is 5.72. The zero-order chi connectivity index (χ0) is 15.2. The van der Waals surface area contributed by atoms with Crippen molar-refractivity contribution >= 4 is 28.2 Å². The topological polar surface area (TPSA) is 67.9 Å². The molecule has 0 aromatic carbocycles. The summed E-state index contributed by atoms with van der Waals surface area (Å²) in [6, 6.07) is 1.74. The van der Waals surface area contributed by atoms with E-state index in [2.05, 4.69) is 5.32 Å². The van der Waals surface area contributed by atoms with E-state index in [9.17, 15) is 9.59 Å². The summed E-state index contributed by atoms with van der Waals surface area (Å²) in [5.74, 6) is -0.521. The maximum Gasteiger partial charge on any atom is 0.341 e. The predicted octanol–water partition coefficient (Wildman–Crippen LogP) is 1.50. The van der Waals surface area contributed by atoms with E-state index in [1.54, 1.807) is 13.0 Å². The fourth-order valence-electron chi connectivity index (χ4n) is 2.10. The second kappa shape index (κ2) is 7.53. The molecule has 0 bridgehead atoms. The molecule has 0 radical (unpaired) electrons. The van der Waals surface area contributed by atoms with Crippen LogP contribution in [0.1, 0.15) is 22.2 Å². The molecule has 1 aromatic rings. The predicted molar refractivity (Wildman–Crippen MR) is 80.9 cm³/mol. The third-order valence-electron chi connectivity index (χ3n) is 3.07. The molecule has 7 heteroatoms. The minimum atomic E-state index is -0.400. The number of morpholine rings is 1. The lowest BCUT2D eigenvalue weighted by molar-refractivity contribution is -0.118. The van der Waals surface area contributed by atoms with Gasteiger partial charge in [-0.3, -0.25) is 9.69 Å². The van der Waals surface area contributed by atoms with Gasteiger partial charge in [0.25, 0.3) is 0 Å². The van der Waals surface area contributed by atoms with E-state index in [1.165, 1.54) is 11.3 Å². The van der Waals surface area contributed by atoms with Crippen LogP contribution >= 0.6 is 11.3 Å². The number of esters is 1. The minimum Gasteiger partial charge on any atom is -0.462 e. The van der Waals surface area contributed by atoms with Crippen LogP contribution < -0.4 is 5.32 Å². The van der Waals surface area contributed by atoms with Crippen molar-refractivity contribution in [1.82, 2.24) is 4.90 Å². The third kappa shape index (κ3) is 4.52. The summed E-state index contributed by atoms with van der Waals surface area (Å²) in [6.07, 6.45) is 0. The number of hydrogen-bond donors (Lipinski definition) is 1. The van der Waals surface area contributed by atoms with Gasteiger partial charge in [-0.25, -0.2) is 4.79 Å². The number of hydrogen-bond acceptors (Lipinski definition) is 6. The highest BCUT2D eigenvalue weighted by atomic mass is 32.1. The molecule has 6 nitrogen and oxygen atoms in total. The van der Waals surface area contributed by atoms with Gasteiger partial charge >= 0.3 is 5.97 Å². The Labute approximate surface area is 128 Å². The maximum atomic E-state index is 12.1. The first-order valence-electron chi connectivity index (χ1n) is 6.97. The molecule has 1 fully saturated rings. The van der Waals surface area contributed by atoms with Crippen molar-refractivity contribution in [3.8, 4) is 0 Å². The van der Waals surface area contributed by atoms with E-state index in [4.69, 9.17) is 9.47 Å². The second-order valence-corrected chi connectivity index (χ2v) is 6.01. The van der Waals surface area contributed by atoms with Crippen LogP contribution in [0.5, 0.6) is 0 Å². The van der Waals surface area contributed by atoms with Gasteiger partial charge in [0.2, 0.25) is 5.91 Å². The van der Waals surface area contributed by atoms with Crippen molar-refractivity contribution in [3.05, 3.63) is 16.5 Å². The highest BCUT2D eigenvalue weighted by Crippen LogP contribution is 2.28. The summed E-state index contributed by atoms with van der Waals surface area (Å²) in [5, 5.41) is 3.37. The number of rotatable bonds is 5. The average Bonchev–Trinajstić information content (AvgIpc) is 2.81. The van der Waals surface area contributed by atoms with Crippen molar-refractivity contribution in [2.75, 3.05) is 44.8 Å². The smallest absolute Gasteiger partial charge is 0.341 e. The Hall–Kier alpha value is -1.44. The normalized spacial score (nSPS) is 15.7. The van der Waals surface area contributed by atoms with Crippen molar-refractivity contribution in [2.24, 2.45) is 0 Å². The Morgan fingerprint density at radius 1 is 1.43 bits per heavy atom. The van der Waals surface area contributed by atoms with E-state index < -0.39 is 5.97 Å². The summed E-state index contributed by atoms with van der Waals surface area (Å²) in [4.78, 5) is 26.9. The van der Waals surface area contributed by atoms with Crippen molar-refractivity contribution < 1.29 is 19.1 Å². The molecule has 0 aliphatic carbocycles. The van der Waals surface area contributed by atoms with Gasteiger partial charge in [-0.1, -0.05) is 0 Å². The summed E-state index contributed by atoms with van der Waals surface area (Å²) in [5.41, 5.74) is 0.426. The Morgan fingerprint density at radius 3 is 2.81 bits per heavy atom. The maximum absolute atomic E-state index is 12.1. The molecule has 1 aromatic heterocycles. The first kappa shape index (κ1) is 15.9. The quantitative estimate of drug-likeness (QED) is 0.835. The van der Waals surface area contributed by atoms with Crippen LogP contribution in [0.15, 0.2) is 6.07 Å². The number of carbonyl (C=O) groups is 2. The minimum absolute atomic E-state index is 0.121. The first-order valence-corrected chi connectivity index (χ1v) is 7.79. The van der Waals surface area contributed by atoms with Crippen LogP contribution in [-0.2, 0) is 14.3 Å². The Balaban J connectivity index is 1.98. The highest BCUT2D eigenvalue weighted by molar-refractivity contribution is 7.16. The van der Waals surface area contributed by atoms with Crippen LogP contribution in [0.3, 0.4) is 0 Å². The van der Waals surface area contributed by atoms with Crippen molar-refractivity contribution in [3.63, 3.8) is 0 Å². The lowest BCUT2D eigenvalue weighted by atomic mass is 10.3. The molecule has 116 valence electrons. The third-order valence-corrected chi connectivity index (χ3v) is 4.04. The van der Waals surface area contributed by atoms with Crippen LogP contribution in [0.25, 0.3) is 0 Å². The van der Waals surface area contributed by atoms with E-state index in [1.807, 2.05) is 11.8 Å². The van der Waals surface area contributed by atoms with Crippen LogP contribution in [-0.4, -0.2) is 56.2 Å². The fourth-order valence-corrected chi connectivity index (χ4v) is 3.01. The zero-order valence-corrected chi connectivity index (χ0v) is 13.1. The molecular formula is C14H20N2O4S. The van der Waals surface area contributed by atoms with E-state index >= 15 is 0 Å². The second-order valence-electron chi connectivity index (χ2n) is 4.76. The number of carbonyl (C=O) groups excluding carboxylic acids is 2. The number of amides is 1. The SMILES string of the molecule is CCOC(=O)c1cc(C)sc1NC(=O)CN1CCOCC1. The fraction of sp³-hybridized carbons (Fsp3) is 0.571. The van der Waals surface area contributed by atoms with Crippen molar-refractivity contribution in [2.45, 2.75) is 13.8 Å². The number of nitrogens with zero attached hydrogens (tertiary/aromatic N) is 1. The van der Waals surface area contributed by atoms with Gasteiger partial charge < -0.3 is 14.8 Å². The molecule has 1 aliphatic rings. The molecule has 0 spiro atoms. The zero-order valence-electron chi connectivity index (χ0n) is 12.3. The molecular weight excluding hydrogens is 292 g/mol. The monoisotopic (exact) mass is 312 g/mol. The highest BCUT2D eigenvalue weighted by Gasteiger charge is 2.19. The summed E-state index contributed by atoms with van der Waals surface area (Å²) >= 11 is 1.38. The van der Waals surface area contributed by atoms with E-state index in [0.717, 1.165) is 18.0 Å². The van der Waals surface area contributed by atoms with Gasteiger partial charge in [0.15, 0.2) is 0 Å². The molecule has 0 unspecified atom stereocenters. The number of thiophene rings is 1. The molecule has 0 saturated carbocycles. The standard InChI is InChI=1S/C14H20N2O4S/c1-3-20-14(18)11-8-10(2)21-13(11)15-12(17)9-16-4-6-19-7-5-16/h8H,3-7,9H2,1-2H3,(H,15,17). The summed E-state index contributed by atoms with van der Waals surface area (Å²) < 4.78 is 10.3. The molecule has 1 N–H and O–H groups in total. The summed E-state index contributed by atoms with van der Waals surface area (Å²) in [7, 11) is 0. The Bertz CT molecular complexity index is 509. The summed E-state index contributed by atoms with van der Waals surface area (Å²) in [6.45, 7) is 7.08. The van der Waals surface area contributed by atoms with E-state index in [-0.39, 0.29) is 5.91 Å². The molecule has 1 aliphatic heterocycles. The number of ether oxygens (including phenoxy) is 2. The lowest BCUT2D eigenvalue weighted by Gasteiger charge is -2.25. The molecule has 21 heavy (non-hydrogen) atoms. The molecule has 0 atom stereocenters. The number of nitrogens with one attached hydrogen (secondary N) is 1. The van der Waals surface area contributed by atoms with E-state index in [0.29, 0.717) is 36.9 Å². The van der Waals surface area contributed by atoms with Crippen molar-refractivity contribution in [1.29, 1.82) is 0 Å². The van der Waals surface area contributed by atoms with Gasteiger partial charge in [0.1, 0.15) is 5.00 Å².